The number of rotatable bonds is 5. The van der Waals surface area contributed by atoms with Gasteiger partial charge in [-0.3, -0.25) is 4.79 Å². The van der Waals surface area contributed by atoms with E-state index in [1.54, 1.807) is 18.4 Å². The van der Waals surface area contributed by atoms with Crippen molar-refractivity contribution in [2.24, 2.45) is 0 Å². The Morgan fingerprint density at radius 1 is 1.52 bits per heavy atom. The van der Waals surface area contributed by atoms with E-state index in [0.717, 1.165) is 27.6 Å². The fourth-order valence-electron chi connectivity index (χ4n) is 2.36. The lowest BCUT2D eigenvalue weighted by Crippen LogP contribution is -2.20. The molecule has 2 aromatic rings. The molecule has 0 aliphatic carbocycles. The molecular weight excluding hydrogens is 286 g/mol. The lowest BCUT2D eigenvalue weighted by atomic mass is 10.1. The van der Waals surface area contributed by atoms with Crippen LogP contribution in [0.4, 0.5) is 10.8 Å². The van der Waals surface area contributed by atoms with Crippen molar-refractivity contribution in [3.8, 4) is 11.3 Å². The molecule has 1 aromatic carbocycles. The Bertz CT molecular complexity index is 669. The fourth-order valence-corrected chi connectivity index (χ4v) is 3.20. The molecule has 0 radical (unpaired) electrons. The fraction of sp³-hybridized carbons (Fsp3) is 0.333. The molecule has 0 bridgehead atoms. The van der Waals surface area contributed by atoms with Crippen LogP contribution in [0.1, 0.15) is 12.5 Å². The van der Waals surface area contributed by atoms with Gasteiger partial charge in [0.1, 0.15) is 0 Å². The second-order valence-corrected chi connectivity index (χ2v) is 5.99. The number of nitrogens with one attached hydrogen (secondary N) is 2. The summed E-state index contributed by atoms with van der Waals surface area (Å²) < 4.78 is 5.10. The van der Waals surface area contributed by atoms with Crippen LogP contribution in [0.2, 0.25) is 0 Å². The molecule has 1 aliphatic heterocycles. The largest absolute Gasteiger partial charge is 0.383 e. The average molecular weight is 303 g/mol. The topological polar surface area (TPSA) is 63.2 Å². The molecule has 110 valence electrons. The first-order chi connectivity index (χ1) is 10.2. The van der Waals surface area contributed by atoms with Crippen LogP contribution in [0.3, 0.4) is 0 Å². The first kappa shape index (κ1) is 14.0. The lowest BCUT2D eigenvalue weighted by Gasteiger charge is -2.10. The molecule has 0 unspecified atom stereocenters. The predicted molar refractivity (Wildman–Crippen MR) is 84.8 cm³/mol. The summed E-state index contributed by atoms with van der Waals surface area (Å²) in [5.74, 6) is 0.0520. The minimum absolute atomic E-state index is 0.0520. The Balaban J connectivity index is 1.77. The van der Waals surface area contributed by atoms with Gasteiger partial charge in [0.05, 0.1) is 18.7 Å². The summed E-state index contributed by atoms with van der Waals surface area (Å²) in [5, 5.41) is 9.05. The quantitative estimate of drug-likeness (QED) is 0.891. The summed E-state index contributed by atoms with van der Waals surface area (Å²) in [6.45, 7) is 2.69. The average Bonchev–Trinajstić information content (AvgIpc) is 3.03. The smallest absolute Gasteiger partial charge is 0.228 e. The third-order valence-corrected chi connectivity index (χ3v) is 4.09. The zero-order chi connectivity index (χ0) is 14.8. The molecule has 5 nitrogen and oxygen atoms in total. The van der Waals surface area contributed by atoms with Crippen LogP contribution in [0.15, 0.2) is 23.6 Å². The third-order valence-electron chi connectivity index (χ3n) is 3.32. The first-order valence-corrected chi connectivity index (χ1v) is 7.68. The number of benzene rings is 1. The first-order valence-electron chi connectivity index (χ1n) is 6.80. The highest BCUT2D eigenvalue weighted by Crippen LogP contribution is 2.30. The molecule has 2 heterocycles. The van der Waals surface area contributed by atoms with E-state index in [-0.39, 0.29) is 11.9 Å². The maximum absolute atomic E-state index is 11.4. The zero-order valence-corrected chi connectivity index (χ0v) is 12.8. The number of carbonyl (C=O) groups is 1. The Labute approximate surface area is 127 Å². The molecule has 1 aromatic heterocycles. The van der Waals surface area contributed by atoms with Crippen molar-refractivity contribution in [2.75, 3.05) is 24.4 Å². The molecule has 0 fully saturated rings. The Morgan fingerprint density at radius 3 is 3.19 bits per heavy atom. The summed E-state index contributed by atoms with van der Waals surface area (Å²) in [6, 6.07) is 6.18. The Morgan fingerprint density at radius 2 is 2.38 bits per heavy atom. The van der Waals surface area contributed by atoms with Crippen molar-refractivity contribution in [2.45, 2.75) is 19.4 Å². The van der Waals surface area contributed by atoms with Gasteiger partial charge in [0.2, 0.25) is 5.91 Å². The molecule has 3 rings (SSSR count). The van der Waals surface area contributed by atoms with E-state index in [1.807, 2.05) is 23.6 Å². The number of thiazole rings is 1. The van der Waals surface area contributed by atoms with E-state index in [1.165, 1.54) is 0 Å². The van der Waals surface area contributed by atoms with Crippen LogP contribution >= 0.6 is 11.3 Å². The van der Waals surface area contributed by atoms with Crippen LogP contribution in [0.25, 0.3) is 11.3 Å². The van der Waals surface area contributed by atoms with E-state index in [0.29, 0.717) is 13.0 Å². The zero-order valence-electron chi connectivity index (χ0n) is 12.0. The molecule has 2 N–H and O–H groups in total. The summed E-state index contributed by atoms with van der Waals surface area (Å²) in [7, 11) is 1.69. The molecule has 0 saturated heterocycles. The standard InChI is InChI=1S/C15H17N3O2S/c1-9(7-20-2)16-15-18-13(8-21-15)10-3-4-12-11(5-10)6-14(19)17-12/h3-5,8-9H,6-7H2,1-2H3,(H,16,18)(H,17,19)/t9-/m0/s1. The number of methoxy groups -OCH3 is 1. The second-order valence-electron chi connectivity index (χ2n) is 5.14. The molecular formula is C15H17N3O2S. The third kappa shape index (κ3) is 3.06. The normalized spacial score (nSPS) is 14.7. The van der Waals surface area contributed by atoms with Crippen LogP contribution in [0.5, 0.6) is 0 Å². The van der Waals surface area contributed by atoms with E-state index in [9.17, 15) is 4.79 Å². The highest BCUT2D eigenvalue weighted by Gasteiger charge is 2.18. The van der Waals surface area contributed by atoms with Gasteiger partial charge in [-0.15, -0.1) is 11.3 Å². The lowest BCUT2D eigenvalue weighted by molar-refractivity contribution is -0.115. The molecule has 6 heteroatoms. The number of nitrogens with zero attached hydrogens (tertiary/aromatic N) is 1. The highest BCUT2D eigenvalue weighted by molar-refractivity contribution is 7.14. The number of amides is 1. The number of hydrogen-bond acceptors (Lipinski definition) is 5. The summed E-state index contributed by atoms with van der Waals surface area (Å²) in [4.78, 5) is 16.0. The van der Waals surface area contributed by atoms with E-state index in [4.69, 9.17) is 4.74 Å². The van der Waals surface area contributed by atoms with Crippen LogP contribution in [0, 0.1) is 0 Å². The molecule has 1 aliphatic rings. The van der Waals surface area contributed by atoms with Gasteiger partial charge < -0.3 is 15.4 Å². The summed E-state index contributed by atoms with van der Waals surface area (Å²) in [5.41, 5.74) is 3.90. The van der Waals surface area contributed by atoms with Gasteiger partial charge in [0.25, 0.3) is 0 Å². The van der Waals surface area contributed by atoms with E-state index in [2.05, 4.69) is 22.5 Å². The number of fused-ring (bicyclic) bond motifs is 1. The maximum Gasteiger partial charge on any atom is 0.228 e. The molecule has 21 heavy (non-hydrogen) atoms. The maximum atomic E-state index is 11.4. The second kappa shape index (κ2) is 5.83. The predicted octanol–water partition coefficient (Wildman–Crippen LogP) is 2.75. The van der Waals surface area contributed by atoms with Gasteiger partial charge >= 0.3 is 0 Å². The molecule has 0 spiro atoms. The number of anilines is 2. The van der Waals surface area contributed by atoms with Crippen molar-refractivity contribution in [3.05, 3.63) is 29.1 Å². The highest BCUT2D eigenvalue weighted by atomic mass is 32.1. The molecule has 1 amide bonds. The van der Waals surface area contributed by atoms with E-state index < -0.39 is 0 Å². The monoisotopic (exact) mass is 303 g/mol. The Hall–Kier alpha value is -1.92. The SMILES string of the molecule is COC[C@H](C)Nc1nc(-c2ccc3c(c2)CC(=O)N3)cs1. The van der Waals surface area contributed by atoms with Crippen molar-refractivity contribution in [3.63, 3.8) is 0 Å². The number of hydrogen-bond donors (Lipinski definition) is 2. The van der Waals surface area contributed by atoms with Gasteiger partial charge in [-0.25, -0.2) is 4.98 Å². The minimum atomic E-state index is 0.0520. The minimum Gasteiger partial charge on any atom is -0.383 e. The summed E-state index contributed by atoms with van der Waals surface area (Å²) in [6.07, 6.45) is 0.448. The van der Waals surface area contributed by atoms with Crippen molar-refractivity contribution in [1.82, 2.24) is 4.98 Å². The summed E-state index contributed by atoms with van der Waals surface area (Å²) >= 11 is 1.57. The van der Waals surface area contributed by atoms with Crippen molar-refractivity contribution < 1.29 is 9.53 Å². The number of carbonyl (C=O) groups excluding carboxylic acids is 1. The number of aromatic nitrogens is 1. The van der Waals surface area contributed by atoms with Gasteiger partial charge in [-0.1, -0.05) is 6.07 Å². The van der Waals surface area contributed by atoms with Gasteiger partial charge in [0, 0.05) is 29.8 Å². The molecule has 1 atom stereocenters. The number of ether oxygens (including phenoxy) is 1. The van der Waals surface area contributed by atoms with Crippen molar-refractivity contribution in [1.29, 1.82) is 0 Å². The van der Waals surface area contributed by atoms with Gasteiger partial charge in [0.15, 0.2) is 5.13 Å². The van der Waals surface area contributed by atoms with Gasteiger partial charge in [-0.05, 0) is 24.6 Å². The van der Waals surface area contributed by atoms with Gasteiger partial charge in [-0.2, -0.15) is 0 Å². The van der Waals surface area contributed by atoms with E-state index >= 15 is 0 Å². The van der Waals surface area contributed by atoms with Crippen LogP contribution in [-0.4, -0.2) is 30.6 Å². The van der Waals surface area contributed by atoms with Crippen LogP contribution in [-0.2, 0) is 16.0 Å². The van der Waals surface area contributed by atoms with Crippen LogP contribution < -0.4 is 10.6 Å². The molecule has 0 saturated carbocycles. The Kier molecular flexibility index (Phi) is 3.90. The van der Waals surface area contributed by atoms with Crippen molar-refractivity contribution >= 4 is 28.1 Å².